The van der Waals surface area contributed by atoms with E-state index < -0.39 is 0 Å². The van der Waals surface area contributed by atoms with Gasteiger partial charge in [0, 0.05) is 35.7 Å². The van der Waals surface area contributed by atoms with Gasteiger partial charge in [0.25, 0.3) is 5.91 Å². The normalized spacial score (nSPS) is 11.8. The van der Waals surface area contributed by atoms with E-state index in [9.17, 15) is 9.59 Å². The Morgan fingerprint density at radius 2 is 2.05 bits per heavy atom. The minimum atomic E-state index is -0.262. The van der Waals surface area contributed by atoms with Crippen LogP contribution in [0.15, 0.2) is 22.7 Å². The largest absolute Gasteiger partial charge is 0.359 e. The van der Waals surface area contributed by atoms with Crippen molar-refractivity contribution in [2.24, 2.45) is 5.92 Å². The molecule has 1 aromatic rings. The van der Waals surface area contributed by atoms with Gasteiger partial charge in [0.1, 0.15) is 0 Å². The first kappa shape index (κ1) is 16.0. The summed E-state index contributed by atoms with van der Waals surface area (Å²) in [5.74, 6) is -0.521. The highest BCUT2D eigenvalue weighted by molar-refractivity contribution is 9.10. The van der Waals surface area contributed by atoms with Gasteiger partial charge in [-0.15, -0.1) is 0 Å². The molecule has 0 heterocycles. The Kier molecular flexibility index (Phi) is 5.82. The minimum Gasteiger partial charge on any atom is -0.359 e. The summed E-state index contributed by atoms with van der Waals surface area (Å²) in [5.41, 5.74) is 0.492. The average Bonchev–Trinajstić information content (AvgIpc) is 2.35. The molecule has 1 aromatic carbocycles. The number of rotatable bonds is 4. The quantitative estimate of drug-likeness (QED) is 0.910. The molecule has 0 saturated carbocycles. The van der Waals surface area contributed by atoms with E-state index in [0.717, 1.165) is 4.47 Å². The van der Waals surface area contributed by atoms with Gasteiger partial charge in [-0.2, -0.15) is 0 Å². The summed E-state index contributed by atoms with van der Waals surface area (Å²) in [7, 11) is 3.24. The van der Waals surface area contributed by atoms with Crippen LogP contribution >= 0.6 is 27.5 Å². The summed E-state index contributed by atoms with van der Waals surface area (Å²) >= 11 is 9.21. The first-order valence-corrected chi connectivity index (χ1v) is 6.95. The lowest BCUT2D eigenvalue weighted by molar-refractivity contribution is -0.124. The molecule has 0 fully saturated rings. The highest BCUT2D eigenvalue weighted by Crippen LogP contribution is 2.20. The second-order valence-corrected chi connectivity index (χ2v) is 5.71. The Bertz CT molecular complexity index is 473. The molecule has 0 aromatic heterocycles. The fourth-order valence-corrected chi connectivity index (χ4v) is 2.58. The average molecular weight is 348 g/mol. The van der Waals surface area contributed by atoms with E-state index in [4.69, 9.17) is 11.6 Å². The van der Waals surface area contributed by atoms with Gasteiger partial charge >= 0.3 is 0 Å². The fraction of sp³-hybridized carbons (Fsp3) is 0.385. The van der Waals surface area contributed by atoms with Crippen LogP contribution in [0.4, 0.5) is 0 Å². The zero-order valence-electron chi connectivity index (χ0n) is 11.0. The number of benzene rings is 1. The highest BCUT2D eigenvalue weighted by atomic mass is 79.9. The van der Waals surface area contributed by atoms with Gasteiger partial charge in [0.05, 0.1) is 5.92 Å². The molecule has 4 nitrogen and oxygen atoms in total. The lowest BCUT2D eigenvalue weighted by atomic mass is 10.1. The molecule has 0 aliphatic rings. The summed E-state index contributed by atoms with van der Waals surface area (Å²) in [4.78, 5) is 25.2. The van der Waals surface area contributed by atoms with E-state index in [2.05, 4.69) is 21.2 Å². The van der Waals surface area contributed by atoms with E-state index >= 15 is 0 Å². The van der Waals surface area contributed by atoms with E-state index in [1.54, 1.807) is 39.2 Å². The number of halogens is 2. The second-order valence-electron chi connectivity index (χ2n) is 4.36. The number of nitrogens with one attached hydrogen (secondary N) is 1. The third-order valence-electron chi connectivity index (χ3n) is 2.70. The van der Waals surface area contributed by atoms with Crippen LogP contribution in [-0.2, 0) is 4.79 Å². The minimum absolute atomic E-state index is 0.0908. The topological polar surface area (TPSA) is 49.4 Å². The molecule has 2 amide bonds. The molecular weight excluding hydrogens is 332 g/mol. The van der Waals surface area contributed by atoms with E-state index in [-0.39, 0.29) is 17.7 Å². The summed E-state index contributed by atoms with van der Waals surface area (Å²) in [6.07, 6.45) is 0. The Morgan fingerprint density at radius 3 is 2.58 bits per heavy atom. The molecule has 0 radical (unpaired) electrons. The monoisotopic (exact) mass is 346 g/mol. The van der Waals surface area contributed by atoms with Crippen molar-refractivity contribution in [2.45, 2.75) is 6.92 Å². The molecule has 19 heavy (non-hydrogen) atoms. The van der Waals surface area contributed by atoms with Crippen LogP contribution in [-0.4, -0.2) is 37.4 Å². The van der Waals surface area contributed by atoms with Crippen molar-refractivity contribution in [1.29, 1.82) is 0 Å². The van der Waals surface area contributed by atoms with Crippen LogP contribution in [0.1, 0.15) is 17.3 Å². The zero-order chi connectivity index (χ0) is 14.6. The maximum atomic E-state index is 12.2. The van der Waals surface area contributed by atoms with Crippen LogP contribution in [0.3, 0.4) is 0 Å². The van der Waals surface area contributed by atoms with E-state index in [1.807, 2.05) is 0 Å². The molecule has 0 aliphatic carbocycles. The van der Waals surface area contributed by atoms with Crippen LogP contribution in [0.5, 0.6) is 0 Å². The molecule has 0 spiro atoms. The smallest absolute Gasteiger partial charge is 0.253 e. The fourth-order valence-electron chi connectivity index (χ4n) is 1.72. The summed E-state index contributed by atoms with van der Waals surface area (Å²) in [6, 6.07) is 5.02. The van der Waals surface area contributed by atoms with Crippen molar-refractivity contribution >= 4 is 39.3 Å². The van der Waals surface area contributed by atoms with Crippen molar-refractivity contribution in [3.05, 3.63) is 33.3 Å². The number of nitrogens with zero attached hydrogens (tertiary/aromatic N) is 1. The molecule has 1 atom stereocenters. The molecule has 0 saturated heterocycles. The maximum absolute atomic E-state index is 12.2. The van der Waals surface area contributed by atoms with Gasteiger partial charge < -0.3 is 10.2 Å². The summed E-state index contributed by atoms with van der Waals surface area (Å²) in [6.45, 7) is 2.12. The van der Waals surface area contributed by atoms with Crippen LogP contribution < -0.4 is 5.32 Å². The van der Waals surface area contributed by atoms with Crippen LogP contribution in [0, 0.1) is 5.92 Å². The highest BCUT2D eigenvalue weighted by Gasteiger charge is 2.18. The van der Waals surface area contributed by atoms with Crippen molar-refractivity contribution < 1.29 is 9.59 Å². The molecule has 6 heteroatoms. The number of amides is 2. The van der Waals surface area contributed by atoms with Crippen LogP contribution in [0.2, 0.25) is 5.02 Å². The molecule has 1 unspecified atom stereocenters. The number of carbonyl (C=O) groups excluding carboxylic acids is 2. The predicted octanol–water partition coefficient (Wildman–Crippen LogP) is 2.56. The molecule has 1 rings (SSSR count). The maximum Gasteiger partial charge on any atom is 0.253 e. The lowest BCUT2D eigenvalue weighted by Gasteiger charge is -2.21. The van der Waals surface area contributed by atoms with Gasteiger partial charge in [-0.1, -0.05) is 34.5 Å². The standard InChI is InChI=1S/C13H16BrClN2O2/c1-8(12(18)16-2)7-17(3)13(19)9-4-10(14)6-11(15)5-9/h4-6,8H,7H2,1-3H3,(H,16,18). The lowest BCUT2D eigenvalue weighted by Crippen LogP contribution is -2.37. The van der Waals surface area contributed by atoms with Crippen molar-refractivity contribution in [3.8, 4) is 0 Å². The third-order valence-corrected chi connectivity index (χ3v) is 3.37. The van der Waals surface area contributed by atoms with Crippen LogP contribution in [0.25, 0.3) is 0 Å². The van der Waals surface area contributed by atoms with E-state index in [1.165, 1.54) is 4.90 Å². The van der Waals surface area contributed by atoms with Crippen molar-refractivity contribution in [1.82, 2.24) is 10.2 Å². The molecule has 0 aliphatic heterocycles. The predicted molar refractivity (Wildman–Crippen MR) is 79.3 cm³/mol. The van der Waals surface area contributed by atoms with Gasteiger partial charge in [0.15, 0.2) is 0 Å². The Hall–Kier alpha value is -1.07. The number of hydrogen-bond acceptors (Lipinski definition) is 2. The van der Waals surface area contributed by atoms with Crippen molar-refractivity contribution in [2.75, 3.05) is 20.6 Å². The molecule has 0 bridgehead atoms. The first-order chi connectivity index (χ1) is 8.85. The van der Waals surface area contributed by atoms with E-state index in [0.29, 0.717) is 17.1 Å². The number of hydrogen-bond donors (Lipinski definition) is 1. The Balaban J connectivity index is 2.79. The molecule has 104 valence electrons. The van der Waals surface area contributed by atoms with Gasteiger partial charge in [0.2, 0.25) is 5.91 Å². The molecule has 1 N–H and O–H groups in total. The Labute approximate surface area is 126 Å². The molecular formula is C13H16BrClN2O2. The van der Waals surface area contributed by atoms with Gasteiger partial charge in [-0.05, 0) is 18.2 Å². The first-order valence-electron chi connectivity index (χ1n) is 5.78. The summed E-state index contributed by atoms with van der Waals surface area (Å²) < 4.78 is 0.746. The Morgan fingerprint density at radius 1 is 1.42 bits per heavy atom. The number of carbonyl (C=O) groups is 2. The zero-order valence-corrected chi connectivity index (χ0v) is 13.4. The third kappa shape index (κ3) is 4.51. The van der Waals surface area contributed by atoms with Crippen molar-refractivity contribution in [3.63, 3.8) is 0 Å². The SMILES string of the molecule is CNC(=O)C(C)CN(C)C(=O)c1cc(Cl)cc(Br)c1. The summed E-state index contributed by atoms with van der Waals surface area (Å²) in [5, 5.41) is 3.05. The van der Waals surface area contributed by atoms with Gasteiger partial charge in [-0.25, -0.2) is 0 Å². The van der Waals surface area contributed by atoms with Gasteiger partial charge in [-0.3, -0.25) is 9.59 Å². The second kappa shape index (κ2) is 6.91.